The minimum absolute atomic E-state index is 0.214. The van der Waals surface area contributed by atoms with Gasteiger partial charge in [0.15, 0.2) is 0 Å². The van der Waals surface area contributed by atoms with Crippen molar-refractivity contribution in [3.05, 3.63) is 69.0 Å². The summed E-state index contributed by atoms with van der Waals surface area (Å²) in [5.41, 5.74) is 2.80. The van der Waals surface area contributed by atoms with Crippen LogP contribution in [0.1, 0.15) is 11.1 Å². The zero-order valence-corrected chi connectivity index (χ0v) is 23.2. The minimum Gasteiger partial charge on any atom is -0.497 e. The first-order valence-electron chi connectivity index (χ1n) is 12.3. The predicted molar refractivity (Wildman–Crippen MR) is 155 cm³/mol. The van der Waals surface area contributed by atoms with Crippen LogP contribution in [0.4, 0.5) is 11.5 Å². The van der Waals surface area contributed by atoms with E-state index in [4.69, 9.17) is 26.7 Å². The number of benzene rings is 1. The first kappa shape index (κ1) is 26.2. The van der Waals surface area contributed by atoms with Crippen LogP contribution in [0.3, 0.4) is 0 Å². The van der Waals surface area contributed by atoms with Crippen LogP contribution in [0.25, 0.3) is 11.7 Å². The second-order valence-electron chi connectivity index (χ2n) is 9.04. The number of nitrogens with zero attached hydrogens (tertiary/aromatic N) is 5. The molecule has 11 heteroatoms. The van der Waals surface area contributed by atoms with Crippen molar-refractivity contribution in [2.24, 2.45) is 0 Å². The van der Waals surface area contributed by atoms with Gasteiger partial charge >= 0.3 is 0 Å². The van der Waals surface area contributed by atoms with Gasteiger partial charge in [-0.1, -0.05) is 30.0 Å². The Bertz CT molecular complexity index is 1460. The first-order valence-corrected chi connectivity index (χ1v) is 13.5. The maximum atomic E-state index is 13.8. The number of pyridine rings is 1. The van der Waals surface area contributed by atoms with Gasteiger partial charge < -0.3 is 19.3 Å². The molecule has 38 heavy (non-hydrogen) atoms. The molecule has 2 aliphatic rings. The van der Waals surface area contributed by atoms with Crippen molar-refractivity contribution in [1.82, 2.24) is 14.3 Å². The summed E-state index contributed by atoms with van der Waals surface area (Å²) in [7, 11) is 3.24. The molecule has 0 radical (unpaired) electrons. The third-order valence-corrected chi connectivity index (χ3v) is 8.13. The summed E-state index contributed by atoms with van der Waals surface area (Å²) < 4.78 is 12.4. The lowest BCUT2D eigenvalue weighted by Gasteiger charge is -2.37. The zero-order chi connectivity index (χ0) is 26.8. The van der Waals surface area contributed by atoms with Crippen LogP contribution in [0.15, 0.2) is 52.3 Å². The summed E-state index contributed by atoms with van der Waals surface area (Å²) in [5.74, 6) is 1.18. The van der Waals surface area contributed by atoms with Gasteiger partial charge in [0.1, 0.15) is 21.5 Å². The number of anilines is 2. The van der Waals surface area contributed by atoms with Gasteiger partial charge in [0.25, 0.3) is 11.5 Å². The summed E-state index contributed by atoms with van der Waals surface area (Å²) in [6, 6.07) is 11.8. The largest absolute Gasteiger partial charge is 0.497 e. The molecule has 0 unspecified atom stereocenters. The van der Waals surface area contributed by atoms with Crippen LogP contribution >= 0.6 is 24.0 Å². The van der Waals surface area contributed by atoms with E-state index in [1.807, 2.05) is 31.2 Å². The van der Waals surface area contributed by atoms with Gasteiger partial charge in [0.2, 0.25) is 0 Å². The second-order valence-corrected chi connectivity index (χ2v) is 10.7. The molecule has 198 valence electrons. The third-order valence-electron chi connectivity index (χ3n) is 6.75. The molecule has 4 heterocycles. The van der Waals surface area contributed by atoms with E-state index in [0.717, 1.165) is 30.1 Å². The fourth-order valence-corrected chi connectivity index (χ4v) is 5.93. The number of rotatable bonds is 7. The Morgan fingerprint density at radius 2 is 1.76 bits per heavy atom. The minimum atomic E-state index is -0.221. The number of aromatic nitrogens is 2. The lowest BCUT2D eigenvalue weighted by Crippen LogP contribution is -2.47. The highest BCUT2D eigenvalue weighted by molar-refractivity contribution is 8.26. The Morgan fingerprint density at radius 3 is 2.45 bits per heavy atom. The second kappa shape index (κ2) is 11.1. The molecule has 2 aliphatic heterocycles. The molecule has 2 fully saturated rings. The fraction of sp³-hybridized carbons (Fsp3) is 0.333. The number of fused-ring (bicyclic) bond motifs is 1. The molecule has 9 nitrogen and oxygen atoms in total. The van der Waals surface area contributed by atoms with Crippen molar-refractivity contribution in [2.45, 2.75) is 6.92 Å². The summed E-state index contributed by atoms with van der Waals surface area (Å²) in [4.78, 5) is 38.2. The van der Waals surface area contributed by atoms with Crippen LogP contribution in [-0.2, 0) is 9.53 Å². The first-order chi connectivity index (χ1) is 18.4. The Kier molecular flexibility index (Phi) is 7.68. The molecule has 5 rings (SSSR count). The summed E-state index contributed by atoms with van der Waals surface area (Å²) in [5, 5.41) is 0. The number of ether oxygens (including phenoxy) is 2. The van der Waals surface area contributed by atoms with Crippen molar-refractivity contribution in [1.29, 1.82) is 0 Å². The zero-order valence-electron chi connectivity index (χ0n) is 21.5. The van der Waals surface area contributed by atoms with Gasteiger partial charge in [-0.3, -0.25) is 18.9 Å². The molecule has 0 aliphatic carbocycles. The van der Waals surface area contributed by atoms with Crippen LogP contribution in [0, 0.1) is 6.92 Å². The van der Waals surface area contributed by atoms with E-state index in [9.17, 15) is 9.59 Å². The van der Waals surface area contributed by atoms with Crippen molar-refractivity contribution >= 4 is 57.4 Å². The predicted octanol–water partition coefficient (Wildman–Crippen LogP) is 3.19. The highest BCUT2D eigenvalue weighted by Gasteiger charge is 2.33. The Balaban J connectivity index is 1.50. The maximum absolute atomic E-state index is 13.8. The van der Waals surface area contributed by atoms with Crippen LogP contribution in [-0.4, -0.2) is 78.1 Å². The average Bonchev–Trinajstić information content (AvgIpc) is 3.21. The lowest BCUT2D eigenvalue weighted by atomic mass is 10.2. The molecule has 3 aromatic rings. The number of carbonyl (C=O) groups excluding carboxylic acids is 1. The van der Waals surface area contributed by atoms with Crippen LogP contribution < -0.4 is 20.1 Å². The van der Waals surface area contributed by atoms with E-state index in [0.29, 0.717) is 52.5 Å². The molecule has 0 atom stereocenters. The van der Waals surface area contributed by atoms with Crippen molar-refractivity contribution in [2.75, 3.05) is 63.4 Å². The topological polar surface area (TPSA) is 79.6 Å². The molecule has 1 aromatic carbocycles. The molecule has 2 aromatic heterocycles. The lowest BCUT2D eigenvalue weighted by molar-refractivity contribution is -0.122. The normalized spacial score (nSPS) is 17.2. The van der Waals surface area contributed by atoms with E-state index in [1.54, 1.807) is 30.9 Å². The van der Waals surface area contributed by atoms with Gasteiger partial charge in [0.05, 0.1) is 30.7 Å². The average molecular weight is 552 g/mol. The van der Waals surface area contributed by atoms with E-state index in [-0.39, 0.29) is 11.5 Å². The number of aryl methyl sites for hydroxylation is 1. The van der Waals surface area contributed by atoms with E-state index < -0.39 is 0 Å². The molecule has 2 saturated heterocycles. The van der Waals surface area contributed by atoms with Gasteiger partial charge in [-0.2, -0.15) is 0 Å². The number of thioether (sulfide) groups is 1. The standard InChI is InChI=1S/C27H29N5O4S2/c1-18-5-4-10-31-23(18)28-24(30-13-11-29(12-14-30)19-6-8-20(36-3)9-7-19)21(25(31)33)17-22-26(34)32(15-16-35-2)27(37)38-22/h4-10,17H,11-16H2,1-3H3/b22-17+. The summed E-state index contributed by atoms with van der Waals surface area (Å²) in [6.07, 6.45) is 3.37. The molecule has 0 saturated carbocycles. The number of amides is 1. The number of thiocarbonyl (C=S) groups is 1. The Morgan fingerprint density at radius 1 is 1.05 bits per heavy atom. The Labute approximate surface area is 230 Å². The number of piperazine rings is 1. The van der Waals surface area contributed by atoms with Gasteiger partial charge in [-0.05, 0) is 48.9 Å². The molecule has 1 amide bonds. The molecular weight excluding hydrogens is 522 g/mol. The number of hydrogen-bond donors (Lipinski definition) is 0. The summed E-state index contributed by atoms with van der Waals surface area (Å²) >= 11 is 6.63. The highest BCUT2D eigenvalue weighted by Crippen LogP contribution is 2.34. The highest BCUT2D eigenvalue weighted by atomic mass is 32.2. The van der Waals surface area contributed by atoms with Crippen molar-refractivity contribution in [3.63, 3.8) is 0 Å². The van der Waals surface area contributed by atoms with Crippen molar-refractivity contribution in [3.8, 4) is 5.75 Å². The van der Waals surface area contributed by atoms with E-state index in [2.05, 4.69) is 21.9 Å². The van der Waals surface area contributed by atoms with Gasteiger partial charge in [0, 0.05) is 45.2 Å². The van der Waals surface area contributed by atoms with Crippen LogP contribution in [0.2, 0.25) is 0 Å². The smallest absolute Gasteiger partial charge is 0.267 e. The van der Waals surface area contributed by atoms with Crippen molar-refractivity contribution < 1.29 is 14.3 Å². The quantitative estimate of drug-likeness (QED) is 0.325. The fourth-order valence-electron chi connectivity index (χ4n) is 4.64. The SMILES string of the molecule is COCCN1C(=O)/C(=C\c2c(N3CCN(c4ccc(OC)cc4)CC3)nc3c(C)cccn3c2=O)SC1=S. The molecule has 0 bridgehead atoms. The number of hydrogen-bond acceptors (Lipinski definition) is 9. The summed E-state index contributed by atoms with van der Waals surface area (Å²) in [6.45, 7) is 5.56. The van der Waals surface area contributed by atoms with Crippen LogP contribution in [0.5, 0.6) is 5.75 Å². The molecule has 0 N–H and O–H groups in total. The van der Waals surface area contributed by atoms with E-state index >= 15 is 0 Å². The monoisotopic (exact) mass is 551 g/mol. The number of methoxy groups -OCH3 is 2. The van der Waals surface area contributed by atoms with E-state index in [1.165, 1.54) is 16.7 Å². The number of carbonyl (C=O) groups is 1. The molecule has 0 spiro atoms. The molecular formula is C27H29N5O4S2. The Hall–Kier alpha value is -3.41. The third kappa shape index (κ3) is 5.01. The van der Waals surface area contributed by atoms with Gasteiger partial charge in [-0.15, -0.1) is 0 Å². The van der Waals surface area contributed by atoms with Gasteiger partial charge in [-0.25, -0.2) is 4.98 Å². The maximum Gasteiger partial charge on any atom is 0.267 e.